The van der Waals surface area contributed by atoms with E-state index >= 15 is 0 Å². The molecule has 2 aromatic rings. The van der Waals surface area contributed by atoms with E-state index < -0.39 is 0 Å². The van der Waals surface area contributed by atoms with Crippen molar-refractivity contribution in [3.8, 4) is 11.3 Å². The molecule has 0 saturated carbocycles. The molecule has 0 atom stereocenters. The normalized spacial score (nSPS) is 10.4. The van der Waals surface area contributed by atoms with Crippen LogP contribution in [-0.4, -0.2) is 15.7 Å². The largest absolute Gasteiger partial charge is 0.368 e. The molecule has 3 nitrogen and oxygen atoms in total. The quantitative estimate of drug-likeness (QED) is 0.899. The van der Waals surface area contributed by atoms with Crippen molar-refractivity contribution in [2.24, 2.45) is 0 Å². The van der Waals surface area contributed by atoms with E-state index in [9.17, 15) is 0 Å². The lowest BCUT2D eigenvalue weighted by molar-refractivity contribution is 1.14. The third kappa shape index (κ3) is 2.97. The van der Waals surface area contributed by atoms with Crippen molar-refractivity contribution in [2.75, 3.05) is 11.5 Å². The molecule has 2 rings (SSSR count). The summed E-state index contributed by atoms with van der Waals surface area (Å²) in [7, 11) is 0. The Kier molecular flexibility index (Phi) is 3.98. The number of rotatable bonds is 4. The molecule has 0 amide bonds. The van der Waals surface area contributed by atoms with Crippen LogP contribution < -0.4 is 5.73 Å². The van der Waals surface area contributed by atoms with Gasteiger partial charge in [0.2, 0.25) is 5.95 Å². The fraction of sp³-hybridized carbons (Fsp3) is 0.231. The topological polar surface area (TPSA) is 51.8 Å². The van der Waals surface area contributed by atoms with Gasteiger partial charge in [0.1, 0.15) is 0 Å². The molecular formula is C13H15N3S. The lowest BCUT2D eigenvalue weighted by Crippen LogP contribution is -2.00. The lowest BCUT2D eigenvalue weighted by atomic mass is 10.1. The zero-order chi connectivity index (χ0) is 12.1. The summed E-state index contributed by atoms with van der Waals surface area (Å²) in [6.07, 6.45) is 1.83. The van der Waals surface area contributed by atoms with Crippen LogP contribution in [0.1, 0.15) is 12.5 Å². The van der Waals surface area contributed by atoms with Crippen molar-refractivity contribution >= 4 is 17.7 Å². The molecule has 0 radical (unpaired) electrons. The molecule has 1 heterocycles. The molecule has 17 heavy (non-hydrogen) atoms. The van der Waals surface area contributed by atoms with E-state index in [4.69, 9.17) is 5.73 Å². The molecule has 0 aliphatic rings. The minimum absolute atomic E-state index is 0.328. The zero-order valence-electron chi connectivity index (χ0n) is 9.76. The molecule has 2 N–H and O–H groups in total. The SMILES string of the molecule is CCSCc1cnc(N)nc1-c1ccccc1. The summed E-state index contributed by atoms with van der Waals surface area (Å²) >= 11 is 1.86. The standard InChI is InChI=1S/C13H15N3S/c1-2-17-9-11-8-15-13(14)16-12(11)10-6-4-3-5-7-10/h3-8H,2,9H2,1H3,(H2,14,15,16). The summed E-state index contributed by atoms with van der Waals surface area (Å²) in [6, 6.07) is 10.1. The van der Waals surface area contributed by atoms with Gasteiger partial charge >= 0.3 is 0 Å². The predicted octanol–water partition coefficient (Wildman–Crippen LogP) is 2.98. The van der Waals surface area contributed by atoms with E-state index in [1.54, 1.807) is 0 Å². The van der Waals surface area contributed by atoms with Crippen LogP contribution in [-0.2, 0) is 5.75 Å². The van der Waals surface area contributed by atoms with Crippen LogP contribution in [0.2, 0.25) is 0 Å². The second-order valence-electron chi connectivity index (χ2n) is 3.61. The fourth-order valence-electron chi connectivity index (χ4n) is 1.58. The summed E-state index contributed by atoms with van der Waals surface area (Å²) in [6.45, 7) is 2.14. The molecular weight excluding hydrogens is 230 g/mol. The molecule has 1 aromatic carbocycles. The monoisotopic (exact) mass is 245 g/mol. The van der Waals surface area contributed by atoms with E-state index in [-0.39, 0.29) is 0 Å². The maximum absolute atomic E-state index is 5.66. The van der Waals surface area contributed by atoms with Gasteiger partial charge in [-0.05, 0) is 5.75 Å². The summed E-state index contributed by atoms with van der Waals surface area (Å²) in [5.41, 5.74) is 8.84. The number of nitrogens with two attached hydrogens (primary N) is 1. The van der Waals surface area contributed by atoms with Crippen LogP contribution in [0.15, 0.2) is 36.5 Å². The first-order chi connectivity index (χ1) is 8.31. The van der Waals surface area contributed by atoms with Gasteiger partial charge in [0.05, 0.1) is 5.69 Å². The van der Waals surface area contributed by atoms with Crippen LogP contribution in [0, 0.1) is 0 Å². The van der Waals surface area contributed by atoms with Gasteiger partial charge in [0, 0.05) is 23.1 Å². The Morgan fingerprint density at radius 2 is 2.00 bits per heavy atom. The van der Waals surface area contributed by atoms with Gasteiger partial charge in [-0.15, -0.1) is 0 Å². The minimum Gasteiger partial charge on any atom is -0.368 e. The smallest absolute Gasteiger partial charge is 0.220 e. The number of aromatic nitrogens is 2. The summed E-state index contributed by atoms with van der Waals surface area (Å²) in [5, 5.41) is 0. The van der Waals surface area contributed by atoms with Crippen molar-refractivity contribution in [2.45, 2.75) is 12.7 Å². The Balaban J connectivity index is 2.40. The maximum Gasteiger partial charge on any atom is 0.220 e. The van der Waals surface area contributed by atoms with Gasteiger partial charge in [-0.25, -0.2) is 9.97 Å². The molecule has 0 unspecified atom stereocenters. The number of hydrogen-bond donors (Lipinski definition) is 1. The second-order valence-corrected chi connectivity index (χ2v) is 4.88. The van der Waals surface area contributed by atoms with Gasteiger partial charge < -0.3 is 5.73 Å². The van der Waals surface area contributed by atoms with Crippen molar-refractivity contribution in [3.05, 3.63) is 42.1 Å². The first kappa shape index (κ1) is 11.9. The molecule has 0 fully saturated rings. The van der Waals surface area contributed by atoms with E-state index in [1.165, 1.54) is 0 Å². The predicted molar refractivity (Wildman–Crippen MR) is 73.7 cm³/mol. The highest BCUT2D eigenvalue weighted by Crippen LogP contribution is 2.24. The van der Waals surface area contributed by atoms with Gasteiger partial charge in [-0.1, -0.05) is 37.3 Å². The molecule has 0 aliphatic carbocycles. The number of thioether (sulfide) groups is 1. The number of benzene rings is 1. The second kappa shape index (κ2) is 5.68. The molecule has 0 spiro atoms. The van der Waals surface area contributed by atoms with Crippen LogP contribution >= 0.6 is 11.8 Å². The Labute approximate surface area is 105 Å². The number of hydrogen-bond acceptors (Lipinski definition) is 4. The minimum atomic E-state index is 0.328. The van der Waals surface area contributed by atoms with Crippen molar-refractivity contribution < 1.29 is 0 Å². The van der Waals surface area contributed by atoms with Gasteiger partial charge in [0.15, 0.2) is 0 Å². The third-order valence-electron chi connectivity index (χ3n) is 2.39. The molecule has 0 bridgehead atoms. The summed E-state index contributed by atoms with van der Waals surface area (Å²) < 4.78 is 0. The van der Waals surface area contributed by atoms with Crippen molar-refractivity contribution in [1.29, 1.82) is 0 Å². The Bertz CT molecular complexity index is 485. The number of nitrogen functional groups attached to an aromatic ring is 1. The van der Waals surface area contributed by atoms with Gasteiger partial charge in [-0.3, -0.25) is 0 Å². The number of nitrogens with zero attached hydrogens (tertiary/aromatic N) is 2. The molecule has 0 saturated heterocycles. The molecule has 0 aliphatic heterocycles. The Morgan fingerprint density at radius 3 is 2.71 bits per heavy atom. The first-order valence-corrected chi connectivity index (χ1v) is 6.71. The molecule has 4 heteroatoms. The maximum atomic E-state index is 5.66. The number of anilines is 1. The van der Waals surface area contributed by atoms with Crippen LogP contribution in [0.4, 0.5) is 5.95 Å². The molecule has 1 aromatic heterocycles. The highest BCUT2D eigenvalue weighted by molar-refractivity contribution is 7.98. The van der Waals surface area contributed by atoms with E-state index in [2.05, 4.69) is 16.9 Å². The summed E-state index contributed by atoms with van der Waals surface area (Å²) in [5.74, 6) is 2.33. The highest BCUT2D eigenvalue weighted by Gasteiger charge is 2.07. The third-order valence-corrected chi connectivity index (χ3v) is 3.32. The summed E-state index contributed by atoms with van der Waals surface area (Å²) in [4.78, 5) is 8.42. The van der Waals surface area contributed by atoms with E-state index in [0.29, 0.717) is 5.95 Å². The fourth-order valence-corrected chi connectivity index (χ4v) is 2.22. The average molecular weight is 245 g/mol. The Hall–Kier alpha value is -1.55. The molecule has 88 valence electrons. The zero-order valence-corrected chi connectivity index (χ0v) is 10.6. The van der Waals surface area contributed by atoms with Gasteiger partial charge in [-0.2, -0.15) is 11.8 Å². The average Bonchev–Trinajstić information content (AvgIpc) is 2.38. The Morgan fingerprint density at radius 1 is 1.24 bits per heavy atom. The van der Waals surface area contributed by atoms with E-state index in [0.717, 1.165) is 28.3 Å². The van der Waals surface area contributed by atoms with Crippen LogP contribution in [0.25, 0.3) is 11.3 Å². The van der Waals surface area contributed by atoms with E-state index in [1.807, 2.05) is 48.3 Å². The van der Waals surface area contributed by atoms with Gasteiger partial charge in [0.25, 0.3) is 0 Å². The van der Waals surface area contributed by atoms with Crippen LogP contribution in [0.5, 0.6) is 0 Å². The first-order valence-electron chi connectivity index (χ1n) is 5.56. The highest BCUT2D eigenvalue weighted by atomic mass is 32.2. The lowest BCUT2D eigenvalue weighted by Gasteiger charge is -2.08. The van der Waals surface area contributed by atoms with Crippen molar-refractivity contribution in [3.63, 3.8) is 0 Å². The van der Waals surface area contributed by atoms with Crippen molar-refractivity contribution in [1.82, 2.24) is 9.97 Å². The van der Waals surface area contributed by atoms with Crippen LogP contribution in [0.3, 0.4) is 0 Å².